The van der Waals surface area contributed by atoms with E-state index in [1.165, 1.54) is 25.7 Å². The van der Waals surface area contributed by atoms with Crippen molar-refractivity contribution in [1.82, 2.24) is 9.97 Å². The normalized spacial score (nSPS) is 10.5. The molecule has 0 bridgehead atoms. The molecule has 0 unspecified atom stereocenters. The molecule has 0 radical (unpaired) electrons. The first-order chi connectivity index (χ1) is 8.36. The van der Waals surface area contributed by atoms with Gasteiger partial charge in [0.2, 0.25) is 5.88 Å². The molecule has 3 heteroatoms. The van der Waals surface area contributed by atoms with E-state index >= 15 is 0 Å². The highest BCUT2D eigenvalue weighted by atomic mass is 16.5. The van der Waals surface area contributed by atoms with E-state index in [9.17, 15) is 0 Å². The summed E-state index contributed by atoms with van der Waals surface area (Å²) in [5.41, 5.74) is 0. The number of aryl methyl sites for hydroxylation is 1. The molecule has 1 aromatic rings. The number of aromatic nitrogens is 2. The Balaban J connectivity index is 2.31. The Morgan fingerprint density at radius 2 is 1.82 bits per heavy atom. The summed E-state index contributed by atoms with van der Waals surface area (Å²) in [6.07, 6.45) is 9.92. The van der Waals surface area contributed by atoms with Crippen LogP contribution in [-0.4, -0.2) is 16.6 Å². The molecule has 0 aliphatic heterocycles. The van der Waals surface area contributed by atoms with Crippen molar-refractivity contribution in [2.24, 2.45) is 0 Å². The number of rotatable bonds is 9. The van der Waals surface area contributed by atoms with Crippen molar-refractivity contribution in [2.75, 3.05) is 6.61 Å². The van der Waals surface area contributed by atoms with Crippen molar-refractivity contribution >= 4 is 0 Å². The Morgan fingerprint density at radius 1 is 1.06 bits per heavy atom. The minimum absolute atomic E-state index is 0.725. The first-order valence-corrected chi connectivity index (χ1v) is 6.81. The predicted octanol–water partition coefficient (Wildman–Crippen LogP) is 3.78. The summed E-state index contributed by atoms with van der Waals surface area (Å²) in [6, 6.07) is 1.84. The van der Waals surface area contributed by atoms with Crippen molar-refractivity contribution in [3.8, 4) is 5.88 Å². The predicted molar refractivity (Wildman–Crippen MR) is 70.3 cm³/mol. The molecule has 0 N–H and O–H groups in total. The smallest absolute Gasteiger partial charge is 0.216 e. The van der Waals surface area contributed by atoms with Gasteiger partial charge in [-0.15, -0.1) is 0 Å². The molecule has 0 saturated heterocycles. The van der Waals surface area contributed by atoms with E-state index in [1.54, 1.807) is 6.20 Å². The SMILES string of the molecule is CCCCCOc1ccnc(CCCCC)n1. The second-order valence-corrected chi connectivity index (χ2v) is 4.32. The average Bonchev–Trinajstić information content (AvgIpc) is 2.36. The highest BCUT2D eigenvalue weighted by Gasteiger charge is 2.00. The Kier molecular flexibility index (Phi) is 7.35. The van der Waals surface area contributed by atoms with Gasteiger partial charge in [-0.3, -0.25) is 0 Å². The molecule has 0 saturated carbocycles. The molecule has 0 atom stereocenters. The minimum atomic E-state index is 0.725. The van der Waals surface area contributed by atoms with Gasteiger partial charge in [-0.05, 0) is 12.8 Å². The quantitative estimate of drug-likeness (QED) is 0.612. The molecular formula is C14H24N2O. The van der Waals surface area contributed by atoms with Crippen molar-refractivity contribution in [2.45, 2.75) is 58.8 Å². The van der Waals surface area contributed by atoms with Crippen LogP contribution in [0.5, 0.6) is 5.88 Å². The zero-order valence-corrected chi connectivity index (χ0v) is 11.1. The van der Waals surface area contributed by atoms with Crippen LogP contribution < -0.4 is 4.74 Å². The molecule has 17 heavy (non-hydrogen) atoms. The molecule has 0 aromatic carbocycles. The van der Waals surface area contributed by atoms with Gasteiger partial charge < -0.3 is 4.74 Å². The zero-order valence-electron chi connectivity index (χ0n) is 11.1. The topological polar surface area (TPSA) is 35.0 Å². The van der Waals surface area contributed by atoms with E-state index in [1.807, 2.05) is 6.07 Å². The summed E-state index contributed by atoms with van der Waals surface area (Å²) in [4.78, 5) is 8.67. The maximum atomic E-state index is 5.60. The van der Waals surface area contributed by atoms with E-state index in [-0.39, 0.29) is 0 Å². The van der Waals surface area contributed by atoms with Crippen LogP contribution in [0.3, 0.4) is 0 Å². The van der Waals surface area contributed by atoms with Gasteiger partial charge in [0.1, 0.15) is 5.82 Å². The lowest BCUT2D eigenvalue weighted by atomic mass is 10.2. The second kappa shape index (κ2) is 8.97. The first-order valence-electron chi connectivity index (χ1n) is 6.81. The van der Waals surface area contributed by atoms with Crippen molar-refractivity contribution in [3.05, 3.63) is 18.1 Å². The van der Waals surface area contributed by atoms with Crippen LogP contribution >= 0.6 is 0 Å². The molecular weight excluding hydrogens is 212 g/mol. The fraction of sp³-hybridized carbons (Fsp3) is 0.714. The van der Waals surface area contributed by atoms with Gasteiger partial charge in [0.15, 0.2) is 0 Å². The highest BCUT2D eigenvalue weighted by molar-refractivity contribution is 5.08. The van der Waals surface area contributed by atoms with Gasteiger partial charge in [0.05, 0.1) is 6.61 Å². The van der Waals surface area contributed by atoms with Gasteiger partial charge in [-0.2, -0.15) is 4.98 Å². The molecule has 1 heterocycles. The van der Waals surface area contributed by atoms with E-state index in [0.29, 0.717) is 0 Å². The zero-order chi connectivity index (χ0) is 12.3. The summed E-state index contributed by atoms with van der Waals surface area (Å²) in [6.45, 7) is 5.16. The Hall–Kier alpha value is -1.12. The number of hydrogen-bond acceptors (Lipinski definition) is 3. The van der Waals surface area contributed by atoms with Crippen LogP contribution in [-0.2, 0) is 6.42 Å². The Labute approximate surface area is 105 Å². The van der Waals surface area contributed by atoms with Gasteiger partial charge in [0, 0.05) is 18.7 Å². The summed E-state index contributed by atoms with van der Waals surface area (Å²) in [5.74, 6) is 1.63. The van der Waals surface area contributed by atoms with Crippen molar-refractivity contribution < 1.29 is 4.74 Å². The van der Waals surface area contributed by atoms with Crippen molar-refractivity contribution in [1.29, 1.82) is 0 Å². The van der Waals surface area contributed by atoms with E-state index in [0.717, 1.165) is 37.6 Å². The molecule has 96 valence electrons. The molecule has 0 aliphatic rings. The summed E-state index contributed by atoms with van der Waals surface area (Å²) >= 11 is 0. The Bertz CT molecular complexity index is 302. The average molecular weight is 236 g/mol. The van der Waals surface area contributed by atoms with Crippen molar-refractivity contribution in [3.63, 3.8) is 0 Å². The van der Waals surface area contributed by atoms with E-state index < -0.39 is 0 Å². The molecule has 0 amide bonds. The summed E-state index contributed by atoms with van der Waals surface area (Å²) in [5, 5.41) is 0. The lowest BCUT2D eigenvalue weighted by Gasteiger charge is -2.05. The third-order valence-electron chi connectivity index (χ3n) is 2.68. The monoisotopic (exact) mass is 236 g/mol. The summed E-state index contributed by atoms with van der Waals surface area (Å²) < 4.78 is 5.60. The standard InChI is InChI=1S/C14H24N2O/c1-3-5-7-9-13-15-11-10-14(16-13)17-12-8-6-4-2/h10-11H,3-9,12H2,1-2H3. The number of nitrogens with zero attached hydrogens (tertiary/aromatic N) is 2. The first kappa shape index (κ1) is 13.9. The highest BCUT2D eigenvalue weighted by Crippen LogP contribution is 2.09. The molecule has 3 nitrogen and oxygen atoms in total. The van der Waals surface area contributed by atoms with Gasteiger partial charge >= 0.3 is 0 Å². The number of hydrogen-bond donors (Lipinski definition) is 0. The second-order valence-electron chi connectivity index (χ2n) is 4.32. The maximum absolute atomic E-state index is 5.60. The molecule has 0 spiro atoms. The summed E-state index contributed by atoms with van der Waals surface area (Å²) in [7, 11) is 0. The lowest BCUT2D eigenvalue weighted by molar-refractivity contribution is 0.293. The number of unbranched alkanes of at least 4 members (excludes halogenated alkanes) is 4. The van der Waals surface area contributed by atoms with Gasteiger partial charge in [0.25, 0.3) is 0 Å². The maximum Gasteiger partial charge on any atom is 0.216 e. The largest absolute Gasteiger partial charge is 0.478 e. The molecule has 0 fully saturated rings. The molecule has 0 aliphatic carbocycles. The van der Waals surface area contributed by atoms with Crippen LogP contribution in [0.15, 0.2) is 12.3 Å². The van der Waals surface area contributed by atoms with Gasteiger partial charge in [-0.1, -0.05) is 39.5 Å². The lowest BCUT2D eigenvalue weighted by Crippen LogP contribution is -2.02. The fourth-order valence-electron chi connectivity index (χ4n) is 1.64. The fourth-order valence-corrected chi connectivity index (χ4v) is 1.64. The molecule has 1 rings (SSSR count). The number of ether oxygens (including phenoxy) is 1. The third kappa shape index (κ3) is 6.25. The van der Waals surface area contributed by atoms with Crippen LogP contribution in [0.1, 0.15) is 58.2 Å². The van der Waals surface area contributed by atoms with E-state index in [2.05, 4.69) is 23.8 Å². The van der Waals surface area contributed by atoms with Crippen LogP contribution in [0, 0.1) is 0 Å². The van der Waals surface area contributed by atoms with Crippen LogP contribution in [0.25, 0.3) is 0 Å². The molecule has 1 aromatic heterocycles. The minimum Gasteiger partial charge on any atom is -0.478 e. The van der Waals surface area contributed by atoms with Crippen LogP contribution in [0.4, 0.5) is 0 Å². The Morgan fingerprint density at radius 3 is 2.59 bits per heavy atom. The third-order valence-corrected chi connectivity index (χ3v) is 2.68. The van der Waals surface area contributed by atoms with Gasteiger partial charge in [-0.25, -0.2) is 4.98 Å². The van der Waals surface area contributed by atoms with Crippen LogP contribution in [0.2, 0.25) is 0 Å². The van der Waals surface area contributed by atoms with E-state index in [4.69, 9.17) is 4.74 Å².